The van der Waals surface area contributed by atoms with Gasteiger partial charge in [0.1, 0.15) is 11.9 Å². The number of rotatable bonds is 1. The summed E-state index contributed by atoms with van der Waals surface area (Å²) in [7, 11) is 0. The van der Waals surface area contributed by atoms with E-state index in [4.69, 9.17) is 4.74 Å². The average Bonchev–Trinajstić information content (AvgIpc) is 2.89. The predicted molar refractivity (Wildman–Crippen MR) is 106 cm³/mol. The van der Waals surface area contributed by atoms with Gasteiger partial charge in [0.2, 0.25) is 0 Å². The van der Waals surface area contributed by atoms with Crippen molar-refractivity contribution in [2.24, 2.45) is 39.9 Å². The molecule has 4 rings (SSSR count). The van der Waals surface area contributed by atoms with Crippen LogP contribution < -0.4 is 0 Å². The fourth-order valence-electron chi connectivity index (χ4n) is 7.42. The van der Waals surface area contributed by atoms with Crippen molar-refractivity contribution in [1.82, 2.24) is 0 Å². The number of esters is 1. The Morgan fingerprint density at radius 1 is 1.00 bits per heavy atom. The second kappa shape index (κ2) is 6.32. The Kier molecular flexibility index (Phi) is 4.56. The molecule has 3 nitrogen and oxygen atoms in total. The molecule has 0 N–H and O–H groups in total. The molecule has 0 aliphatic heterocycles. The molecule has 0 aromatic heterocycles. The van der Waals surface area contributed by atoms with Crippen LogP contribution in [0.25, 0.3) is 0 Å². The van der Waals surface area contributed by atoms with Gasteiger partial charge in [0.15, 0.2) is 0 Å². The Morgan fingerprint density at radius 2 is 1.74 bits per heavy atom. The molecular weight excluding hydrogens is 336 g/mol. The maximum Gasteiger partial charge on any atom is 0.311 e. The molecule has 0 amide bonds. The van der Waals surface area contributed by atoms with Crippen LogP contribution in [0.1, 0.15) is 92.4 Å². The molecule has 0 bridgehead atoms. The first-order chi connectivity index (χ1) is 12.6. The van der Waals surface area contributed by atoms with Crippen LogP contribution in [-0.2, 0) is 14.3 Å². The van der Waals surface area contributed by atoms with Crippen LogP contribution in [0.5, 0.6) is 0 Å². The first kappa shape index (κ1) is 19.5. The number of ketones is 1. The zero-order chi connectivity index (χ0) is 19.6. The molecule has 4 saturated carbocycles. The maximum atomic E-state index is 12.5. The van der Waals surface area contributed by atoms with Crippen LogP contribution in [0.2, 0.25) is 0 Å². The van der Waals surface area contributed by atoms with Gasteiger partial charge < -0.3 is 4.74 Å². The van der Waals surface area contributed by atoms with E-state index in [0.29, 0.717) is 23.0 Å². The highest BCUT2D eigenvalue weighted by Gasteiger charge is 2.60. The summed E-state index contributed by atoms with van der Waals surface area (Å²) in [4.78, 5) is 24.9. The number of Topliss-reactive ketones (excluding diaryl/α,β-unsaturated/α-hetero) is 1. The van der Waals surface area contributed by atoms with E-state index >= 15 is 0 Å². The van der Waals surface area contributed by atoms with Crippen molar-refractivity contribution >= 4 is 11.8 Å². The van der Waals surface area contributed by atoms with E-state index in [-0.39, 0.29) is 17.5 Å². The third-order valence-electron chi connectivity index (χ3n) is 9.21. The molecule has 0 radical (unpaired) electrons. The predicted octanol–water partition coefficient (Wildman–Crippen LogP) is 5.56. The van der Waals surface area contributed by atoms with Crippen molar-refractivity contribution in [2.75, 3.05) is 0 Å². The van der Waals surface area contributed by atoms with Gasteiger partial charge in [0.05, 0.1) is 5.41 Å². The highest BCUT2D eigenvalue weighted by Crippen LogP contribution is 2.65. The van der Waals surface area contributed by atoms with Crippen LogP contribution in [0.3, 0.4) is 0 Å². The largest absolute Gasteiger partial charge is 0.462 e. The quantitative estimate of drug-likeness (QED) is 0.565. The fourth-order valence-corrected chi connectivity index (χ4v) is 7.42. The Hall–Kier alpha value is -0.860. The van der Waals surface area contributed by atoms with Gasteiger partial charge in [-0.1, -0.05) is 13.8 Å². The summed E-state index contributed by atoms with van der Waals surface area (Å²) in [6.07, 6.45) is 10.1. The second-order valence-electron chi connectivity index (χ2n) is 11.6. The van der Waals surface area contributed by atoms with E-state index in [2.05, 4.69) is 13.8 Å². The zero-order valence-electron chi connectivity index (χ0n) is 18.0. The number of fused-ring (bicyclic) bond motifs is 5. The Morgan fingerprint density at radius 3 is 2.44 bits per heavy atom. The molecular formula is C24H38O3. The van der Waals surface area contributed by atoms with Gasteiger partial charge in [-0.25, -0.2) is 0 Å². The summed E-state index contributed by atoms with van der Waals surface area (Å²) < 4.78 is 5.90. The number of hydrogen-bond acceptors (Lipinski definition) is 3. The van der Waals surface area contributed by atoms with E-state index < -0.39 is 5.41 Å². The van der Waals surface area contributed by atoms with Gasteiger partial charge in [-0.2, -0.15) is 0 Å². The Bertz CT molecular complexity index is 632. The summed E-state index contributed by atoms with van der Waals surface area (Å²) in [6, 6.07) is 0. The molecule has 7 atom stereocenters. The molecule has 4 fully saturated rings. The number of ether oxygens (including phenoxy) is 1. The van der Waals surface area contributed by atoms with Crippen molar-refractivity contribution in [3.05, 3.63) is 0 Å². The summed E-state index contributed by atoms with van der Waals surface area (Å²) >= 11 is 0. The van der Waals surface area contributed by atoms with E-state index in [1.807, 2.05) is 20.8 Å². The number of carbonyl (C=O) groups is 2. The molecule has 0 heterocycles. The van der Waals surface area contributed by atoms with Gasteiger partial charge in [0, 0.05) is 11.8 Å². The summed E-state index contributed by atoms with van der Waals surface area (Å²) in [5.41, 5.74) is -0.0639. The normalized spacial score (nSPS) is 47.0. The van der Waals surface area contributed by atoms with Crippen LogP contribution in [0.4, 0.5) is 0 Å². The topological polar surface area (TPSA) is 43.4 Å². The molecule has 0 spiro atoms. The zero-order valence-corrected chi connectivity index (χ0v) is 18.0. The molecule has 0 aromatic rings. The standard InChI is InChI=1S/C24H38O3/c1-22(2,3)21(26)27-16-10-12-23(4)15(14-16)6-7-17-18-8-9-20(25)24(18,5)13-11-19(17)23/h15-19H,6-14H2,1-5H3/t15-,16?,17?,18?,19?,23?,24?/m0/s1. The molecule has 4 aliphatic rings. The lowest BCUT2D eigenvalue weighted by Crippen LogP contribution is -2.54. The minimum Gasteiger partial charge on any atom is -0.462 e. The van der Waals surface area contributed by atoms with Crippen LogP contribution >= 0.6 is 0 Å². The average molecular weight is 375 g/mol. The molecule has 4 aliphatic carbocycles. The SMILES string of the molecule is CC(C)(C)C(=O)OC1CCC2(C)C3CCC4(C)C(=O)CCC4C3CC[C@H]2C1. The van der Waals surface area contributed by atoms with E-state index in [0.717, 1.165) is 43.9 Å². The van der Waals surface area contributed by atoms with Gasteiger partial charge >= 0.3 is 5.97 Å². The van der Waals surface area contributed by atoms with Gasteiger partial charge in [-0.05, 0) is 101 Å². The molecule has 0 saturated heterocycles. The third-order valence-corrected chi connectivity index (χ3v) is 9.21. The first-order valence-corrected chi connectivity index (χ1v) is 11.3. The summed E-state index contributed by atoms with van der Waals surface area (Å²) in [5, 5.41) is 0. The molecule has 152 valence electrons. The summed E-state index contributed by atoms with van der Waals surface area (Å²) in [5.74, 6) is 3.29. The fraction of sp³-hybridized carbons (Fsp3) is 0.917. The van der Waals surface area contributed by atoms with Crippen molar-refractivity contribution in [1.29, 1.82) is 0 Å². The first-order valence-electron chi connectivity index (χ1n) is 11.3. The lowest BCUT2D eigenvalue weighted by atomic mass is 9.45. The monoisotopic (exact) mass is 374 g/mol. The summed E-state index contributed by atoms with van der Waals surface area (Å²) in [6.45, 7) is 10.6. The van der Waals surface area contributed by atoms with Crippen LogP contribution in [0.15, 0.2) is 0 Å². The highest BCUT2D eigenvalue weighted by molar-refractivity contribution is 5.87. The van der Waals surface area contributed by atoms with Crippen LogP contribution in [0, 0.1) is 39.9 Å². The molecule has 27 heavy (non-hydrogen) atoms. The molecule has 0 aromatic carbocycles. The number of carbonyl (C=O) groups excluding carboxylic acids is 2. The van der Waals surface area contributed by atoms with E-state index in [1.54, 1.807) is 0 Å². The van der Waals surface area contributed by atoms with Crippen molar-refractivity contribution in [3.63, 3.8) is 0 Å². The minimum atomic E-state index is -0.415. The lowest BCUT2D eigenvalue weighted by Gasteiger charge is -2.60. The Balaban J connectivity index is 1.48. The lowest BCUT2D eigenvalue weighted by molar-refractivity contribution is -0.170. The van der Waals surface area contributed by atoms with E-state index in [1.165, 1.54) is 25.7 Å². The molecule has 3 heteroatoms. The van der Waals surface area contributed by atoms with Crippen molar-refractivity contribution in [3.8, 4) is 0 Å². The van der Waals surface area contributed by atoms with Gasteiger partial charge in [-0.15, -0.1) is 0 Å². The second-order valence-corrected chi connectivity index (χ2v) is 11.6. The van der Waals surface area contributed by atoms with Crippen LogP contribution in [-0.4, -0.2) is 17.9 Å². The Labute approximate surface area is 165 Å². The van der Waals surface area contributed by atoms with Gasteiger partial charge in [-0.3, -0.25) is 9.59 Å². The van der Waals surface area contributed by atoms with Gasteiger partial charge in [0.25, 0.3) is 0 Å². The third kappa shape index (κ3) is 2.99. The minimum absolute atomic E-state index is 0.0240. The number of hydrogen-bond donors (Lipinski definition) is 0. The van der Waals surface area contributed by atoms with Crippen molar-refractivity contribution in [2.45, 2.75) is 98.5 Å². The van der Waals surface area contributed by atoms with Crippen molar-refractivity contribution < 1.29 is 14.3 Å². The highest BCUT2D eigenvalue weighted by atomic mass is 16.5. The maximum absolute atomic E-state index is 12.5. The molecule has 6 unspecified atom stereocenters. The smallest absolute Gasteiger partial charge is 0.311 e. The van der Waals surface area contributed by atoms with E-state index in [9.17, 15) is 9.59 Å².